The molecule has 0 aliphatic heterocycles. The number of para-hydroxylation sites is 1. The summed E-state index contributed by atoms with van der Waals surface area (Å²) in [5, 5.41) is 6.27. The molecule has 0 atom stereocenters. The molecular formula is C48H28N4O2. The number of oxazole rings is 1. The zero-order valence-electron chi connectivity index (χ0n) is 28.8. The minimum atomic E-state index is 0.468. The van der Waals surface area contributed by atoms with E-state index in [0.29, 0.717) is 45.6 Å². The number of aromatic nitrogens is 4. The average Bonchev–Trinajstić information content (AvgIpc) is 3.84. The van der Waals surface area contributed by atoms with Crippen molar-refractivity contribution >= 4 is 54.6 Å². The Labute approximate surface area is 309 Å². The molecule has 0 aliphatic rings. The lowest BCUT2D eigenvalue weighted by molar-refractivity contribution is 0.620. The van der Waals surface area contributed by atoms with Gasteiger partial charge in [-0.15, -0.1) is 0 Å². The summed E-state index contributed by atoms with van der Waals surface area (Å²) in [6, 6.07) is 57.7. The molecule has 0 unspecified atom stereocenters. The third kappa shape index (κ3) is 4.89. The standard InChI is InChI=1S/C48H28N4O2/c1-3-14-29(15-4-1)31-19-13-20-33(26-31)45-50-46(38-27-32-18-7-8-21-34(32)35-22-9-10-23-36(35)38)52-47(51-45)43-42-37-24-11-12-25-40(37)53-41(42)28-39-44(43)54-48(49-39)30-16-5-2-6-17-30/h1-28H. The van der Waals surface area contributed by atoms with E-state index in [2.05, 4.69) is 97.1 Å². The lowest BCUT2D eigenvalue weighted by Crippen LogP contribution is -2.01. The van der Waals surface area contributed by atoms with E-state index in [1.54, 1.807) is 0 Å². The number of nitrogens with zero attached hydrogens (tertiary/aromatic N) is 4. The average molecular weight is 693 g/mol. The Kier molecular flexibility index (Phi) is 6.75. The summed E-state index contributed by atoms with van der Waals surface area (Å²) in [4.78, 5) is 20.9. The summed E-state index contributed by atoms with van der Waals surface area (Å²) in [7, 11) is 0. The van der Waals surface area contributed by atoms with E-state index in [-0.39, 0.29) is 0 Å². The van der Waals surface area contributed by atoms with E-state index in [9.17, 15) is 0 Å². The van der Waals surface area contributed by atoms with Crippen LogP contribution < -0.4 is 0 Å². The van der Waals surface area contributed by atoms with Gasteiger partial charge in [-0.3, -0.25) is 0 Å². The Morgan fingerprint density at radius 3 is 1.83 bits per heavy atom. The maximum atomic E-state index is 6.71. The van der Waals surface area contributed by atoms with Crippen molar-refractivity contribution in [1.82, 2.24) is 19.9 Å². The first-order chi connectivity index (χ1) is 26.7. The lowest BCUT2D eigenvalue weighted by Gasteiger charge is -2.13. The topological polar surface area (TPSA) is 77.8 Å². The van der Waals surface area contributed by atoms with E-state index in [1.165, 1.54) is 5.39 Å². The van der Waals surface area contributed by atoms with Gasteiger partial charge in [0.2, 0.25) is 5.89 Å². The minimum Gasteiger partial charge on any atom is -0.456 e. The molecule has 0 amide bonds. The number of furan rings is 1. The maximum absolute atomic E-state index is 6.71. The van der Waals surface area contributed by atoms with Gasteiger partial charge in [-0.2, -0.15) is 0 Å². The molecule has 6 nitrogen and oxygen atoms in total. The zero-order valence-corrected chi connectivity index (χ0v) is 28.8. The summed E-state index contributed by atoms with van der Waals surface area (Å²) in [5.74, 6) is 2.08. The fourth-order valence-corrected chi connectivity index (χ4v) is 7.63. The van der Waals surface area contributed by atoms with Crippen LogP contribution in [0.2, 0.25) is 0 Å². The van der Waals surface area contributed by atoms with E-state index < -0.39 is 0 Å². The van der Waals surface area contributed by atoms with Crippen molar-refractivity contribution in [2.45, 2.75) is 0 Å². The predicted molar refractivity (Wildman–Crippen MR) is 217 cm³/mol. The van der Waals surface area contributed by atoms with Crippen LogP contribution >= 0.6 is 0 Å². The highest BCUT2D eigenvalue weighted by Crippen LogP contribution is 2.43. The molecule has 6 heteroatoms. The van der Waals surface area contributed by atoms with Gasteiger partial charge in [0.05, 0.1) is 5.56 Å². The fraction of sp³-hybridized carbons (Fsp3) is 0. The van der Waals surface area contributed by atoms with Gasteiger partial charge < -0.3 is 8.83 Å². The highest BCUT2D eigenvalue weighted by molar-refractivity contribution is 6.19. The van der Waals surface area contributed by atoms with Crippen LogP contribution in [0.15, 0.2) is 179 Å². The van der Waals surface area contributed by atoms with Gasteiger partial charge >= 0.3 is 0 Å². The number of benzene rings is 8. The highest BCUT2D eigenvalue weighted by atomic mass is 16.4. The van der Waals surface area contributed by atoms with Crippen LogP contribution in [-0.2, 0) is 0 Å². The maximum Gasteiger partial charge on any atom is 0.227 e. The quantitative estimate of drug-likeness (QED) is 0.167. The Morgan fingerprint density at radius 2 is 1.00 bits per heavy atom. The molecular weight excluding hydrogens is 665 g/mol. The third-order valence-corrected chi connectivity index (χ3v) is 10.1. The molecule has 0 bridgehead atoms. The molecule has 54 heavy (non-hydrogen) atoms. The zero-order chi connectivity index (χ0) is 35.6. The third-order valence-electron chi connectivity index (χ3n) is 10.1. The van der Waals surface area contributed by atoms with Crippen LogP contribution in [-0.4, -0.2) is 19.9 Å². The van der Waals surface area contributed by atoms with Crippen LogP contribution in [0.3, 0.4) is 0 Å². The fourth-order valence-electron chi connectivity index (χ4n) is 7.63. The Balaban J connectivity index is 1.25. The number of rotatable bonds is 5. The van der Waals surface area contributed by atoms with Gasteiger partial charge in [0.25, 0.3) is 0 Å². The van der Waals surface area contributed by atoms with Gasteiger partial charge in [-0.05, 0) is 63.0 Å². The predicted octanol–water partition coefficient (Wildman–Crippen LogP) is 12.6. The number of hydrogen-bond acceptors (Lipinski definition) is 6. The summed E-state index contributed by atoms with van der Waals surface area (Å²) in [6.07, 6.45) is 0. The minimum absolute atomic E-state index is 0.468. The molecule has 0 fully saturated rings. The van der Waals surface area contributed by atoms with Crippen molar-refractivity contribution < 1.29 is 8.83 Å². The molecule has 0 N–H and O–H groups in total. The molecule has 0 aliphatic carbocycles. The largest absolute Gasteiger partial charge is 0.456 e. The molecule has 3 aromatic heterocycles. The van der Waals surface area contributed by atoms with Gasteiger partial charge in [0.15, 0.2) is 23.1 Å². The first kappa shape index (κ1) is 30.2. The second kappa shape index (κ2) is 12.1. The van der Waals surface area contributed by atoms with Crippen molar-refractivity contribution in [1.29, 1.82) is 0 Å². The first-order valence-electron chi connectivity index (χ1n) is 17.9. The van der Waals surface area contributed by atoms with Gasteiger partial charge in [0, 0.05) is 33.5 Å². The molecule has 0 spiro atoms. The Bertz CT molecular complexity index is 3220. The van der Waals surface area contributed by atoms with E-state index in [1.807, 2.05) is 72.8 Å². The van der Waals surface area contributed by atoms with Crippen LogP contribution in [0.25, 0.3) is 111 Å². The highest BCUT2D eigenvalue weighted by Gasteiger charge is 2.25. The van der Waals surface area contributed by atoms with Crippen LogP contribution in [0, 0.1) is 0 Å². The molecule has 252 valence electrons. The van der Waals surface area contributed by atoms with Crippen molar-refractivity contribution in [3.63, 3.8) is 0 Å². The lowest BCUT2D eigenvalue weighted by atomic mass is 9.96. The SMILES string of the molecule is c1ccc(-c2cccc(-c3nc(-c4cc5ccccc5c5ccccc45)nc(-c4c5oc(-c6ccccc6)nc5cc5oc6ccccc6c45)n3)c2)cc1. The molecule has 11 aromatic rings. The van der Waals surface area contributed by atoms with Crippen LogP contribution in [0.4, 0.5) is 0 Å². The molecule has 0 saturated heterocycles. The summed E-state index contributed by atoms with van der Waals surface area (Å²) in [6.45, 7) is 0. The van der Waals surface area contributed by atoms with E-state index in [4.69, 9.17) is 28.8 Å². The van der Waals surface area contributed by atoms with Crippen molar-refractivity contribution in [2.75, 3.05) is 0 Å². The second-order valence-corrected chi connectivity index (χ2v) is 13.4. The second-order valence-electron chi connectivity index (χ2n) is 13.4. The monoisotopic (exact) mass is 692 g/mol. The van der Waals surface area contributed by atoms with Crippen LogP contribution in [0.5, 0.6) is 0 Å². The summed E-state index contributed by atoms with van der Waals surface area (Å²) < 4.78 is 13.2. The summed E-state index contributed by atoms with van der Waals surface area (Å²) in [5.41, 5.74) is 8.22. The molecule has 0 radical (unpaired) electrons. The molecule has 8 aromatic carbocycles. The number of fused-ring (bicyclic) bond motifs is 7. The first-order valence-corrected chi connectivity index (χ1v) is 17.9. The normalized spacial score (nSPS) is 11.7. The van der Waals surface area contributed by atoms with Crippen molar-refractivity contribution in [2.24, 2.45) is 0 Å². The Hall–Kier alpha value is -7.44. The smallest absolute Gasteiger partial charge is 0.227 e. The van der Waals surface area contributed by atoms with E-state index in [0.717, 1.165) is 60.3 Å². The van der Waals surface area contributed by atoms with Gasteiger partial charge in [-0.25, -0.2) is 19.9 Å². The molecule has 0 saturated carbocycles. The van der Waals surface area contributed by atoms with E-state index >= 15 is 0 Å². The van der Waals surface area contributed by atoms with Crippen LogP contribution in [0.1, 0.15) is 0 Å². The molecule has 11 rings (SSSR count). The number of hydrogen-bond donors (Lipinski definition) is 0. The Morgan fingerprint density at radius 1 is 0.370 bits per heavy atom. The van der Waals surface area contributed by atoms with Crippen molar-refractivity contribution in [3.05, 3.63) is 170 Å². The van der Waals surface area contributed by atoms with Crippen molar-refractivity contribution in [3.8, 4) is 56.7 Å². The van der Waals surface area contributed by atoms with Gasteiger partial charge in [-0.1, -0.05) is 133 Å². The summed E-state index contributed by atoms with van der Waals surface area (Å²) >= 11 is 0. The molecule has 3 heterocycles. The van der Waals surface area contributed by atoms with Gasteiger partial charge in [0.1, 0.15) is 16.7 Å².